The molecule has 0 aliphatic heterocycles. The van der Waals surface area contributed by atoms with Crippen LogP contribution in [0, 0.1) is 5.92 Å². The molecule has 1 saturated carbocycles. The lowest BCUT2D eigenvalue weighted by Crippen LogP contribution is -2.38. The van der Waals surface area contributed by atoms with Crippen LogP contribution < -0.4 is 25.3 Å². The highest BCUT2D eigenvalue weighted by atomic mass is 16.5. The largest absolute Gasteiger partial charge is 0.493 e. The summed E-state index contributed by atoms with van der Waals surface area (Å²) in [6, 6.07) is 3.93. The van der Waals surface area contributed by atoms with Gasteiger partial charge in [0.25, 0.3) is 0 Å². The van der Waals surface area contributed by atoms with Gasteiger partial charge in [0.05, 0.1) is 21.3 Å². The van der Waals surface area contributed by atoms with Gasteiger partial charge >= 0.3 is 0 Å². The first-order valence-corrected chi connectivity index (χ1v) is 8.41. The van der Waals surface area contributed by atoms with Gasteiger partial charge in [-0.05, 0) is 31.7 Å². The summed E-state index contributed by atoms with van der Waals surface area (Å²) in [7, 11) is 4.77. The lowest BCUT2D eigenvalue weighted by molar-refractivity contribution is -0.126. The van der Waals surface area contributed by atoms with Crippen LogP contribution in [0.4, 0.5) is 0 Å². The predicted octanol–water partition coefficient (Wildman–Crippen LogP) is 1.89. The summed E-state index contributed by atoms with van der Waals surface area (Å²) in [6.45, 7) is 0.552. The molecule has 24 heavy (non-hydrogen) atoms. The molecule has 2 atom stereocenters. The van der Waals surface area contributed by atoms with Crippen molar-refractivity contribution in [3.63, 3.8) is 0 Å². The maximum absolute atomic E-state index is 12.3. The van der Waals surface area contributed by atoms with Crippen LogP contribution in [0.1, 0.15) is 31.2 Å². The molecule has 0 bridgehead atoms. The number of hydrogen-bond donors (Lipinski definition) is 2. The number of amides is 1. The maximum atomic E-state index is 12.3. The van der Waals surface area contributed by atoms with Crippen LogP contribution in [0.5, 0.6) is 17.2 Å². The molecular weight excluding hydrogens is 308 g/mol. The van der Waals surface area contributed by atoms with E-state index in [0.29, 0.717) is 30.2 Å². The van der Waals surface area contributed by atoms with Crippen molar-refractivity contribution in [2.45, 2.75) is 38.1 Å². The fraction of sp³-hybridized carbons (Fsp3) is 0.611. The standard InChI is InChI=1S/C18H28N2O4/c1-22-15-8-7-12(16(23-2)17(15)24-3)9-10-20-18(21)13-5-4-6-14(19)11-13/h7-8,13-14H,4-6,9-11,19H2,1-3H3,(H,20,21). The van der Waals surface area contributed by atoms with Crippen molar-refractivity contribution < 1.29 is 19.0 Å². The number of hydrogen-bond acceptors (Lipinski definition) is 5. The van der Waals surface area contributed by atoms with E-state index in [4.69, 9.17) is 19.9 Å². The number of rotatable bonds is 7. The summed E-state index contributed by atoms with van der Waals surface area (Å²) in [4.78, 5) is 12.3. The molecule has 3 N–H and O–H groups in total. The van der Waals surface area contributed by atoms with E-state index in [1.807, 2.05) is 12.1 Å². The molecule has 1 aromatic carbocycles. The van der Waals surface area contributed by atoms with Gasteiger partial charge in [-0.15, -0.1) is 0 Å². The van der Waals surface area contributed by atoms with Gasteiger partial charge in [-0.3, -0.25) is 4.79 Å². The highest BCUT2D eigenvalue weighted by molar-refractivity contribution is 5.78. The average molecular weight is 336 g/mol. The number of carbonyl (C=O) groups is 1. The fourth-order valence-corrected chi connectivity index (χ4v) is 3.29. The van der Waals surface area contributed by atoms with E-state index in [1.54, 1.807) is 21.3 Å². The Morgan fingerprint density at radius 2 is 1.92 bits per heavy atom. The number of nitrogens with one attached hydrogen (secondary N) is 1. The minimum absolute atomic E-state index is 0.0426. The molecule has 1 fully saturated rings. The van der Waals surface area contributed by atoms with Crippen molar-refractivity contribution >= 4 is 5.91 Å². The van der Waals surface area contributed by atoms with Crippen LogP contribution in [0.15, 0.2) is 12.1 Å². The second-order valence-electron chi connectivity index (χ2n) is 6.16. The molecule has 1 aromatic rings. The van der Waals surface area contributed by atoms with Crippen molar-refractivity contribution in [2.24, 2.45) is 11.7 Å². The zero-order valence-corrected chi connectivity index (χ0v) is 14.8. The van der Waals surface area contributed by atoms with E-state index in [0.717, 1.165) is 31.2 Å². The molecule has 6 heteroatoms. The third-order valence-corrected chi connectivity index (χ3v) is 4.56. The first-order chi connectivity index (χ1) is 11.6. The molecule has 2 rings (SSSR count). The second kappa shape index (κ2) is 8.78. The average Bonchev–Trinajstić information content (AvgIpc) is 2.60. The lowest BCUT2D eigenvalue weighted by atomic mass is 9.85. The summed E-state index contributed by atoms with van der Waals surface area (Å²) >= 11 is 0. The minimum atomic E-state index is 0.0426. The Balaban J connectivity index is 1.95. The van der Waals surface area contributed by atoms with E-state index in [9.17, 15) is 4.79 Å². The maximum Gasteiger partial charge on any atom is 0.223 e. The molecule has 0 aromatic heterocycles. The predicted molar refractivity (Wildman–Crippen MR) is 92.7 cm³/mol. The highest BCUT2D eigenvalue weighted by Crippen LogP contribution is 2.39. The Morgan fingerprint density at radius 3 is 2.54 bits per heavy atom. The third-order valence-electron chi connectivity index (χ3n) is 4.56. The molecule has 2 unspecified atom stereocenters. The molecule has 1 aliphatic rings. The summed E-state index contributed by atoms with van der Waals surface area (Å²) in [5.74, 6) is 1.98. The molecule has 0 saturated heterocycles. The van der Waals surface area contributed by atoms with Gasteiger partial charge < -0.3 is 25.3 Å². The Bertz CT molecular complexity index is 562. The molecule has 6 nitrogen and oxygen atoms in total. The van der Waals surface area contributed by atoms with Crippen molar-refractivity contribution in [1.82, 2.24) is 5.32 Å². The molecule has 1 amide bonds. The second-order valence-corrected chi connectivity index (χ2v) is 6.16. The van der Waals surface area contributed by atoms with E-state index < -0.39 is 0 Å². The third kappa shape index (κ3) is 4.32. The number of carbonyl (C=O) groups excluding carboxylic acids is 1. The molecule has 0 radical (unpaired) electrons. The van der Waals surface area contributed by atoms with Crippen molar-refractivity contribution in [3.8, 4) is 17.2 Å². The van der Waals surface area contributed by atoms with Crippen LogP contribution >= 0.6 is 0 Å². The Morgan fingerprint density at radius 1 is 1.17 bits per heavy atom. The smallest absolute Gasteiger partial charge is 0.223 e. The first kappa shape index (κ1) is 18.4. The minimum Gasteiger partial charge on any atom is -0.493 e. The number of benzene rings is 1. The number of methoxy groups -OCH3 is 3. The lowest BCUT2D eigenvalue weighted by Gasteiger charge is -2.25. The zero-order valence-electron chi connectivity index (χ0n) is 14.8. The molecule has 1 aliphatic carbocycles. The van der Waals surface area contributed by atoms with Crippen molar-refractivity contribution in [1.29, 1.82) is 0 Å². The topological polar surface area (TPSA) is 82.8 Å². The Labute approximate surface area is 143 Å². The van der Waals surface area contributed by atoms with Gasteiger partial charge in [-0.1, -0.05) is 12.5 Å². The molecule has 134 valence electrons. The summed E-state index contributed by atoms with van der Waals surface area (Å²) in [5, 5.41) is 3.02. The summed E-state index contributed by atoms with van der Waals surface area (Å²) < 4.78 is 16.1. The van der Waals surface area contributed by atoms with Gasteiger partial charge in [0.2, 0.25) is 11.7 Å². The van der Waals surface area contributed by atoms with Gasteiger partial charge in [0, 0.05) is 24.1 Å². The normalized spacial score (nSPS) is 20.3. The zero-order chi connectivity index (χ0) is 17.5. The van der Waals surface area contributed by atoms with E-state index in [2.05, 4.69) is 5.32 Å². The van der Waals surface area contributed by atoms with Crippen LogP contribution in [0.25, 0.3) is 0 Å². The summed E-state index contributed by atoms with van der Waals surface area (Å²) in [6.07, 6.45) is 4.42. The van der Waals surface area contributed by atoms with E-state index in [1.165, 1.54) is 0 Å². The Hall–Kier alpha value is -1.95. The van der Waals surface area contributed by atoms with Crippen molar-refractivity contribution in [2.75, 3.05) is 27.9 Å². The van der Waals surface area contributed by atoms with Gasteiger partial charge in [0.15, 0.2) is 11.5 Å². The Kier molecular flexibility index (Phi) is 6.73. The molecule has 0 heterocycles. The quantitative estimate of drug-likeness (QED) is 0.794. The van der Waals surface area contributed by atoms with Crippen LogP contribution in [0.2, 0.25) is 0 Å². The molecule has 0 spiro atoms. The van der Waals surface area contributed by atoms with Crippen molar-refractivity contribution in [3.05, 3.63) is 17.7 Å². The number of nitrogens with two attached hydrogens (primary N) is 1. The molecular formula is C18H28N2O4. The van der Waals surface area contributed by atoms with Gasteiger partial charge in [-0.25, -0.2) is 0 Å². The fourth-order valence-electron chi connectivity index (χ4n) is 3.29. The van der Waals surface area contributed by atoms with Crippen LogP contribution in [-0.2, 0) is 11.2 Å². The summed E-state index contributed by atoms with van der Waals surface area (Å²) in [5.41, 5.74) is 6.93. The SMILES string of the molecule is COc1ccc(CCNC(=O)C2CCCC(N)C2)c(OC)c1OC. The van der Waals surface area contributed by atoms with E-state index in [-0.39, 0.29) is 17.9 Å². The van der Waals surface area contributed by atoms with Crippen LogP contribution in [-0.4, -0.2) is 39.8 Å². The van der Waals surface area contributed by atoms with Gasteiger partial charge in [-0.2, -0.15) is 0 Å². The van der Waals surface area contributed by atoms with Gasteiger partial charge in [0.1, 0.15) is 0 Å². The highest BCUT2D eigenvalue weighted by Gasteiger charge is 2.25. The first-order valence-electron chi connectivity index (χ1n) is 8.41. The number of ether oxygens (including phenoxy) is 3. The van der Waals surface area contributed by atoms with Crippen LogP contribution in [0.3, 0.4) is 0 Å². The van der Waals surface area contributed by atoms with E-state index >= 15 is 0 Å². The monoisotopic (exact) mass is 336 g/mol.